The van der Waals surface area contributed by atoms with E-state index in [1.165, 1.54) is 31.2 Å². The molecule has 4 aliphatic carbocycles. The lowest BCUT2D eigenvalue weighted by Crippen LogP contribution is -2.85. The molecule has 1 aromatic rings. The molecule has 1 spiro atoms. The molecule has 326 valence electrons. The third kappa shape index (κ3) is 6.70. The van der Waals surface area contributed by atoms with Gasteiger partial charge in [0, 0.05) is 67.6 Å². The number of benzene rings is 1. The summed E-state index contributed by atoms with van der Waals surface area (Å²) in [6.07, 6.45) is 2.30. The monoisotopic (exact) mass is 841 g/mol. The zero-order valence-corrected chi connectivity index (χ0v) is 34.6. The second kappa shape index (κ2) is 14.7. The van der Waals surface area contributed by atoms with E-state index in [4.69, 9.17) is 36.8 Å². The molecule has 7 fully saturated rings. The number of aromatic hydroxyl groups is 1. The average Bonchev–Trinajstić information content (AvgIpc) is 3.28. The Kier molecular flexibility index (Phi) is 11.4. The first kappa shape index (κ1) is 44.8. The van der Waals surface area contributed by atoms with Crippen LogP contribution in [0, 0.1) is 29.1 Å². The van der Waals surface area contributed by atoms with Gasteiger partial charge in [-0.3, -0.25) is 18.8 Å². The maximum atomic E-state index is 12.9. The van der Waals surface area contributed by atoms with Crippen LogP contribution in [0.3, 0.4) is 0 Å². The zero-order valence-electron chi connectivity index (χ0n) is 33.7. The van der Waals surface area contributed by atoms with Crippen LogP contribution in [-0.4, -0.2) is 135 Å². The summed E-state index contributed by atoms with van der Waals surface area (Å²) in [4.78, 5) is 25.3. The number of allylic oxidation sites excluding steroid dienone is 1. The first-order valence-electron chi connectivity index (χ1n) is 19.9. The first-order chi connectivity index (χ1) is 26.6. The SMILES string of the molecule is CC(=O)Oc1ccc(O)cc1.CC=C(C)C(=O)OC1CCC2(C)C3CCC4C5(O)CC(O)C6(O)C(CN7CC(C)CCC7C6(C)O)C5(O)CC42OC13O.O=S(=O)(O)O. The molecule has 3 saturated heterocycles. The summed E-state index contributed by atoms with van der Waals surface area (Å²) in [5.74, 6) is -3.82. The molecular formula is C40H59NO16S. The van der Waals surface area contributed by atoms with Gasteiger partial charge in [-0.15, -0.1) is 0 Å². The largest absolute Gasteiger partial charge is 0.508 e. The number of phenolic OH excluding ortho intramolecular Hbond substituents is 1. The lowest BCUT2D eigenvalue weighted by molar-refractivity contribution is -0.354. The van der Waals surface area contributed by atoms with Crippen molar-refractivity contribution in [1.82, 2.24) is 4.90 Å². The highest BCUT2D eigenvalue weighted by atomic mass is 32.3. The molecule has 0 amide bonds. The number of aliphatic hydroxyl groups is 6. The standard InChI is InChI=1S/C32H49NO9.C8H8O3.H2O4S/c1-6-18(3)25(35)41-24-11-12-26(4)19-8-9-20-28(37)13-23(34)31(39)21(29(28,38)16-30(20,26)42-32(19,24)40)15-33-14-17(2)7-10-22(33)27(31,5)36;1-6(9)11-8-4-2-7(10)3-5-8;1-5(2,3)4/h6,17,19-24,34,36-40H,7-16H2,1-5H3;2-5,10H,1H3;(H2,1,2,3,4). The number of esters is 2. The fourth-order valence-corrected chi connectivity index (χ4v) is 12.5. The van der Waals surface area contributed by atoms with Crippen LogP contribution in [0.2, 0.25) is 0 Å². The number of aliphatic hydroxyl groups excluding tert-OH is 1. The molecule has 7 aliphatic rings. The molecule has 58 heavy (non-hydrogen) atoms. The molecule has 17 nitrogen and oxygen atoms in total. The summed E-state index contributed by atoms with van der Waals surface area (Å²) in [5.41, 5.74) is -8.96. The summed E-state index contributed by atoms with van der Waals surface area (Å²) in [5, 5.41) is 82.8. The predicted octanol–water partition coefficient (Wildman–Crippen LogP) is 1.66. The van der Waals surface area contributed by atoms with Crippen LogP contribution < -0.4 is 4.74 Å². The Hall–Kier alpha value is -2.75. The maximum absolute atomic E-state index is 12.9. The van der Waals surface area contributed by atoms with Crippen molar-refractivity contribution in [2.75, 3.05) is 13.1 Å². The van der Waals surface area contributed by atoms with Gasteiger partial charge in [0.15, 0.2) is 6.10 Å². The van der Waals surface area contributed by atoms with E-state index in [2.05, 4.69) is 11.8 Å². The second-order valence-corrected chi connectivity index (χ2v) is 19.1. The highest BCUT2D eigenvalue weighted by molar-refractivity contribution is 7.79. The predicted molar refractivity (Wildman–Crippen MR) is 203 cm³/mol. The molecule has 3 aliphatic heterocycles. The van der Waals surface area contributed by atoms with Gasteiger partial charge >= 0.3 is 22.3 Å². The molecule has 4 saturated carbocycles. The van der Waals surface area contributed by atoms with Gasteiger partial charge in [0.25, 0.3) is 0 Å². The summed E-state index contributed by atoms with van der Waals surface area (Å²) in [7, 11) is -4.67. The Morgan fingerprint density at radius 3 is 2.09 bits per heavy atom. The average molecular weight is 842 g/mol. The van der Waals surface area contributed by atoms with Gasteiger partial charge in [-0.1, -0.05) is 19.9 Å². The number of carbonyl (C=O) groups is 2. The quantitative estimate of drug-likeness (QED) is 0.0906. The molecule has 8 rings (SSSR count). The van der Waals surface area contributed by atoms with E-state index < -0.39 is 85.5 Å². The minimum Gasteiger partial charge on any atom is -0.508 e. The lowest BCUT2D eigenvalue weighted by atomic mass is 9.49. The van der Waals surface area contributed by atoms with Crippen molar-refractivity contribution in [3.05, 3.63) is 35.9 Å². The van der Waals surface area contributed by atoms with Crippen LogP contribution in [0.15, 0.2) is 35.9 Å². The Morgan fingerprint density at radius 1 is 0.897 bits per heavy atom. The summed E-state index contributed by atoms with van der Waals surface area (Å²) in [6.45, 7) is 11.4. The van der Waals surface area contributed by atoms with Gasteiger partial charge in [-0.05, 0) is 89.5 Å². The Balaban J connectivity index is 0.000000298. The maximum Gasteiger partial charge on any atom is 0.394 e. The van der Waals surface area contributed by atoms with Crippen molar-refractivity contribution in [3.8, 4) is 11.5 Å². The number of hydrogen-bond acceptors (Lipinski definition) is 15. The van der Waals surface area contributed by atoms with Gasteiger partial charge in [0.2, 0.25) is 5.79 Å². The van der Waals surface area contributed by atoms with Crippen LogP contribution in [0.4, 0.5) is 0 Å². The number of phenols is 1. The van der Waals surface area contributed by atoms with Gasteiger partial charge in [0.1, 0.15) is 33.9 Å². The fraction of sp³-hybridized carbons (Fsp3) is 0.750. The molecule has 4 bridgehead atoms. The minimum atomic E-state index is -4.67. The van der Waals surface area contributed by atoms with Crippen molar-refractivity contribution in [1.29, 1.82) is 0 Å². The molecule has 0 aromatic heterocycles. The lowest BCUT2D eigenvalue weighted by Gasteiger charge is -2.68. The van der Waals surface area contributed by atoms with Gasteiger partial charge in [-0.2, -0.15) is 8.42 Å². The first-order valence-corrected chi connectivity index (χ1v) is 21.3. The number of carbonyl (C=O) groups excluding carboxylic acids is 2. The van der Waals surface area contributed by atoms with E-state index in [9.17, 15) is 40.2 Å². The van der Waals surface area contributed by atoms with Crippen LogP contribution in [-0.2, 0) is 29.5 Å². The molecule has 9 N–H and O–H groups in total. The molecule has 1 aromatic carbocycles. The molecule has 18 heteroatoms. The van der Waals surface area contributed by atoms with Crippen molar-refractivity contribution in [3.63, 3.8) is 0 Å². The molecular weight excluding hydrogens is 782 g/mol. The Morgan fingerprint density at radius 2 is 1.50 bits per heavy atom. The van der Waals surface area contributed by atoms with E-state index in [-0.39, 0.29) is 37.1 Å². The fourth-order valence-electron chi connectivity index (χ4n) is 12.5. The van der Waals surface area contributed by atoms with Crippen molar-refractivity contribution in [2.24, 2.45) is 29.1 Å². The number of nitrogens with zero attached hydrogens (tertiary/aromatic N) is 1. The van der Waals surface area contributed by atoms with Crippen molar-refractivity contribution >= 4 is 22.3 Å². The smallest absolute Gasteiger partial charge is 0.394 e. The van der Waals surface area contributed by atoms with Crippen molar-refractivity contribution in [2.45, 2.75) is 145 Å². The number of rotatable bonds is 3. The van der Waals surface area contributed by atoms with Crippen LogP contribution in [0.5, 0.6) is 11.5 Å². The number of ether oxygens (including phenoxy) is 3. The topological polar surface area (TPSA) is 281 Å². The molecule has 0 radical (unpaired) electrons. The minimum absolute atomic E-state index is 0.0606. The highest BCUT2D eigenvalue weighted by Crippen LogP contribution is 2.78. The van der Waals surface area contributed by atoms with E-state index in [1.807, 2.05) is 6.92 Å². The highest BCUT2D eigenvalue weighted by Gasteiger charge is 2.88. The molecule has 3 heterocycles. The third-order valence-corrected chi connectivity index (χ3v) is 15.2. The van der Waals surface area contributed by atoms with Gasteiger partial charge < -0.3 is 50.0 Å². The van der Waals surface area contributed by atoms with E-state index in [0.717, 1.165) is 6.42 Å². The van der Waals surface area contributed by atoms with Crippen molar-refractivity contribution < 1.29 is 77.1 Å². The number of fused-ring (bicyclic) bond motifs is 5. The van der Waals surface area contributed by atoms with Crippen LogP contribution >= 0.6 is 0 Å². The van der Waals surface area contributed by atoms with Crippen LogP contribution in [0.25, 0.3) is 0 Å². The zero-order chi connectivity index (χ0) is 43.2. The van der Waals surface area contributed by atoms with E-state index >= 15 is 0 Å². The summed E-state index contributed by atoms with van der Waals surface area (Å²) < 4.78 is 48.9. The Bertz CT molecular complexity index is 1900. The van der Waals surface area contributed by atoms with E-state index in [1.54, 1.807) is 26.8 Å². The number of hydrogen-bond donors (Lipinski definition) is 9. The molecule has 14 unspecified atom stereocenters. The third-order valence-electron chi connectivity index (χ3n) is 15.2. The molecule has 14 atom stereocenters. The second-order valence-electron chi connectivity index (χ2n) is 18.2. The van der Waals surface area contributed by atoms with Gasteiger partial charge in [0.05, 0.1) is 11.7 Å². The summed E-state index contributed by atoms with van der Waals surface area (Å²) >= 11 is 0. The van der Waals surface area contributed by atoms with E-state index in [0.29, 0.717) is 55.9 Å². The normalized spacial score (nSPS) is 46.4. The Labute approximate surface area is 338 Å². The van der Waals surface area contributed by atoms with Gasteiger partial charge in [-0.25, -0.2) is 4.79 Å². The van der Waals surface area contributed by atoms with Crippen LogP contribution in [0.1, 0.15) is 92.9 Å². The number of piperidine rings is 2. The summed E-state index contributed by atoms with van der Waals surface area (Å²) in [6, 6.07) is 5.58.